The van der Waals surface area contributed by atoms with Gasteiger partial charge in [-0.1, -0.05) is 0 Å². The van der Waals surface area contributed by atoms with Crippen molar-refractivity contribution in [3.8, 4) is 21.1 Å². The molecule has 1 saturated heterocycles. The van der Waals surface area contributed by atoms with Crippen molar-refractivity contribution in [3.05, 3.63) is 53.3 Å². The zero-order chi connectivity index (χ0) is 18.2. The second kappa shape index (κ2) is 7.09. The third kappa shape index (κ3) is 3.27. The second-order valence-corrected chi connectivity index (χ2v) is 8.40. The predicted octanol–water partition coefficient (Wildman–Crippen LogP) is 5.23. The van der Waals surface area contributed by atoms with E-state index in [1.807, 2.05) is 25.3 Å². The van der Waals surface area contributed by atoms with Crippen molar-refractivity contribution in [2.24, 2.45) is 0 Å². The van der Waals surface area contributed by atoms with Gasteiger partial charge in [0, 0.05) is 23.3 Å². The van der Waals surface area contributed by atoms with Gasteiger partial charge in [-0.05, 0) is 43.7 Å². The average molecular weight is 396 g/mol. The van der Waals surface area contributed by atoms with E-state index in [9.17, 15) is 0 Å². The number of aromatic nitrogens is 3. The Morgan fingerprint density at radius 3 is 2.78 bits per heavy atom. The smallest absolute Gasteiger partial charge is 0.193 e. The van der Waals surface area contributed by atoms with E-state index in [4.69, 9.17) is 19.4 Å². The lowest BCUT2D eigenvalue weighted by atomic mass is 10.2. The molecule has 0 unspecified atom stereocenters. The van der Waals surface area contributed by atoms with Crippen LogP contribution in [0.25, 0.3) is 31.4 Å². The summed E-state index contributed by atoms with van der Waals surface area (Å²) in [5.41, 5.74) is 2.97. The molecule has 1 aliphatic heterocycles. The van der Waals surface area contributed by atoms with E-state index in [1.165, 1.54) is 0 Å². The number of fused-ring (bicyclic) bond motifs is 1. The molecule has 0 radical (unpaired) electrons. The molecule has 7 heteroatoms. The van der Waals surface area contributed by atoms with Gasteiger partial charge in [-0.3, -0.25) is 4.98 Å². The van der Waals surface area contributed by atoms with Crippen LogP contribution in [-0.2, 0) is 9.47 Å². The van der Waals surface area contributed by atoms with Gasteiger partial charge < -0.3 is 9.47 Å². The largest absolute Gasteiger partial charge is 0.348 e. The van der Waals surface area contributed by atoms with Crippen molar-refractivity contribution in [1.29, 1.82) is 0 Å². The lowest BCUT2D eigenvalue weighted by Gasteiger charge is -2.21. The number of pyridine rings is 2. The Balaban J connectivity index is 1.51. The second-order valence-electron chi connectivity index (χ2n) is 6.34. The molecule has 27 heavy (non-hydrogen) atoms. The van der Waals surface area contributed by atoms with E-state index < -0.39 is 0 Å². The van der Waals surface area contributed by atoms with Crippen LogP contribution in [0.1, 0.15) is 23.3 Å². The lowest BCUT2D eigenvalue weighted by Crippen LogP contribution is -2.16. The Bertz CT molecular complexity index is 1090. The van der Waals surface area contributed by atoms with Crippen molar-refractivity contribution in [1.82, 2.24) is 15.0 Å². The van der Waals surface area contributed by atoms with Gasteiger partial charge in [0.1, 0.15) is 9.84 Å². The van der Waals surface area contributed by atoms with Gasteiger partial charge in [-0.15, -0.1) is 22.7 Å². The maximum absolute atomic E-state index is 5.73. The minimum absolute atomic E-state index is 0.260. The molecule has 0 atom stereocenters. The van der Waals surface area contributed by atoms with E-state index in [2.05, 4.69) is 23.2 Å². The first kappa shape index (κ1) is 16.9. The van der Waals surface area contributed by atoms with E-state index in [-0.39, 0.29) is 6.29 Å². The van der Waals surface area contributed by atoms with Crippen molar-refractivity contribution in [3.63, 3.8) is 0 Å². The molecule has 0 aliphatic carbocycles. The zero-order valence-corrected chi connectivity index (χ0v) is 16.3. The molecule has 1 aliphatic rings. The molecule has 5 rings (SSSR count). The monoisotopic (exact) mass is 395 g/mol. The van der Waals surface area contributed by atoms with Crippen LogP contribution < -0.4 is 0 Å². The topological polar surface area (TPSA) is 57.1 Å². The van der Waals surface area contributed by atoms with Crippen LogP contribution in [0.4, 0.5) is 0 Å². The van der Waals surface area contributed by atoms with Crippen LogP contribution in [0.2, 0.25) is 0 Å². The Labute approximate surface area is 164 Å². The highest BCUT2D eigenvalue weighted by molar-refractivity contribution is 7.19. The predicted molar refractivity (Wildman–Crippen MR) is 108 cm³/mol. The van der Waals surface area contributed by atoms with Crippen LogP contribution in [0.5, 0.6) is 0 Å². The summed E-state index contributed by atoms with van der Waals surface area (Å²) in [5, 5.41) is 2.08. The van der Waals surface area contributed by atoms with Gasteiger partial charge in [-0.25, -0.2) is 9.97 Å². The summed E-state index contributed by atoms with van der Waals surface area (Å²) in [6.07, 6.45) is 4.31. The van der Waals surface area contributed by atoms with Crippen molar-refractivity contribution in [2.45, 2.75) is 19.6 Å². The highest BCUT2D eigenvalue weighted by atomic mass is 32.1. The molecule has 0 N–H and O–H groups in total. The number of rotatable bonds is 3. The fourth-order valence-corrected chi connectivity index (χ4v) is 5.14. The van der Waals surface area contributed by atoms with E-state index >= 15 is 0 Å². The Morgan fingerprint density at radius 1 is 1.07 bits per heavy atom. The van der Waals surface area contributed by atoms with Gasteiger partial charge in [0.05, 0.1) is 34.4 Å². The Morgan fingerprint density at radius 2 is 1.96 bits per heavy atom. The highest BCUT2D eigenvalue weighted by Gasteiger charge is 2.20. The normalized spacial score (nSPS) is 15.4. The van der Waals surface area contributed by atoms with Gasteiger partial charge in [0.2, 0.25) is 0 Å². The van der Waals surface area contributed by atoms with Crippen molar-refractivity contribution >= 4 is 32.9 Å². The zero-order valence-electron chi connectivity index (χ0n) is 14.7. The molecule has 0 amide bonds. The standard InChI is InChI=1S/C20H17N3O2S2/c1-12-17(27-19(22-12)14-4-2-7-21-11-14)15-6-5-13-10-16(26-18(13)23-15)20-24-8-3-9-25-20/h2,4-7,10-11,20H,3,8-9H2,1H3. The summed E-state index contributed by atoms with van der Waals surface area (Å²) < 4.78 is 11.5. The van der Waals surface area contributed by atoms with Gasteiger partial charge in [-0.2, -0.15) is 0 Å². The quantitative estimate of drug-likeness (QED) is 0.476. The molecular weight excluding hydrogens is 378 g/mol. The summed E-state index contributed by atoms with van der Waals surface area (Å²) in [6, 6.07) is 10.3. The highest BCUT2D eigenvalue weighted by Crippen LogP contribution is 2.37. The molecule has 1 fully saturated rings. The fourth-order valence-electron chi connectivity index (χ4n) is 3.08. The Kier molecular flexibility index (Phi) is 4.45. The minimum Gasteiger partial charge on any atom is -0.348 e. The first-order chi connectivity index (χ1) is 13.3. The average Bonchev–Trinajstić information content (AvgIpc) is 3.32. The van der Waals surface area contributed by atoms with Gasteiger partial charge in [0.15, 0.2) is 6.29 Å². The molecule has 0 spiro atoms. The molecular formula is C20H17N3O2S2. The van der Waals surface area contributed by atoms with E-state index in [1.54, 1.807) is 28.9 Å². The number of aryl methyl sites for hydroxylation is 1. The third-order valence-electron chi connectivity index (χ3n) is 4.40. The van der Waals surface area contributed by atoms with Crippen LogP contribution in [0.3, 0.4) is 0 Å². The van der Waals surface area contributed by atoms with Crippen molar-refractivity contribution < 1.29 is 9.47 Å². The molecule has 4 aromatic heterocycles. The number of ether oxygens (including phenoxy) is 2. The van der Waals surface area contributed by atoms with Crippen molar-refractivity contribution in [2.75, 3.05) is 13.2 Å². The summed E-state index contributed by atoms with van der Waals surface area (Å²) in [7, 11) is 0. The number of hydrogen-bond acceptors (Lipinski definition) is 7. The van der Waals surface area contributed by atoms with E-state index in [0.29, 0.717) is 0 Å². The van der Waals surface area contributed by atoms with Crippen LogP contribution in [-0.4, -0.2) is 28.2 Å². The summed E-state index contributed by atoms with van der Waals surface area (Å²) in [4.78, 5) is 17.0. The number of nitrogens with zero attached hydrogens (tertiary/aromatic N) is 3. The maximum atomic E-state index is 5.73. The summed E-state index contributed by atoms with van der Waals surface area (Å²) in [6.45, 7) is 3.52. The molecule has 5 heterocycles. The van der Waals surface area contributed by atoms with Gasteiger partial charge >= 0.3 is 0 Å². The summed E-state index contributed by atoms with van der Waals surface area (Å²) >= 11 is 3.29. The molecule has 136 valence electrons. The minimum atomic E-state index is -0.260. The SMILES string of the molecule is Cc1nc(-c2cccnc2)sc1-c1ccc2cc(C3OCCCO3)sc2n1. The number of hydrogen-bond donors (Lipinski definition) is 0. The molecule has 0 aromatic carbocycles. The maximum Gasteiger partial charge on any atom is 0.193 e. The van der Waals surface area contributed by atoms with Gasteiger partial charge in [0.25, 0.3) is 0 Å². The molecule has 5 nitrogen and oxygen atoms in total. The number of thiophene rings is 1. The van der Waals surface area contributed by atoms with Crippen LogP contribution in [0.15, 0.2) is 42.7 Å². The molecule has 0 bridgehead atoms. The molecule has 4 aromatic rings. The Hall–Kier alpha value is -2.19. The number of thiazole rings is 1. The van der Waals surface area contributed by atoms with Crippen LogP contribution in [0, 0.1) is 6.92 Å². The third-order valence-corrected chi connectivity index (χ3v) is 6.69. The van der Waals surface area contributed by atoms with Crippen LogP contribution >= 0.6 is 22.7 Å². The summed E-state index contributed by atoms with van der Waals surface area (Å²) in [5.74, 6) is 0. The fraction of sp³-hybridized carbons (Fsp3) is 0.250. The van der Waals surface area contributed by atoms with E-state index in [0.717, 1.165) is 61.6 Å². The first-order valence-corrected chi connectivity index (χ1v) is 10.4. The molecule has 0 saturated carbocycles. The lowest BCUT2D eigenvalue weighted by molar-refractivity contribution is -0.181. The first-order valence-electron chi connectivity index (χ1n) is 8.80.